The summed E-state index contributed by atoms with van der Waals surface area (Å²) >= 11 is 0. The minimum atomic E-state index is -0.181. The normalized spacial score (nSPS) is 13.9. The molecule has 0 amide bonds. The quantitative estimate of drug-likeness (QED) is 0.252. The monoisotopic (exact) mass is 477 g/mol. The van der Waals surface area contributed by atoms with Crippen LogP contribution in [0.4, 0.5) is 0 Å². The first kappa shape index (κ1) is 20.5. The molecule has 4 heteroatoms. The third-order valence-electron chi connectivity index (χ3n) is 7.89. The molecular formula is C33H23N3O. The molecule has 176 valence electrons. The van der Waals surface area contributed by atoms with E-state index in [-0.39, 0.29) is 5.41 Å². The molecule has 0 spiro atoms. The van der Waals surface area contributed by atoms with Crippen molar-refractivity contribution in [2.45, 2.75) is 19.3 Å². The molecule has 0 fully saturated rings. The third kappa shape index (κ3) is 2.78. The molecule has 4 heterocycles. The van der Waals surface area contributed by atoms with E-state index in [0.717, 1.165) is 38.8 Å². The second-order valence-electron chi connectivity index (χ2n) is 10.4. The summed E-state index contributed by atoms with van der Waals surface area (Å²) in [4.78, 5) is 9.44. The molecule has 1 aliphatic rings. The van der Waals surface area contributed by atoms with Gasteiger partial charge in [0.15, 0.2) is 0 Å². The second-order valence-corrected chi connectivity index (χ2v) is 10.4. The SMILES string of the molecule is CC1(C)c2cc(-c3ccc4oc5ccccc5c4c3)ccc2-n2c(-c3cccnc3)nc3cccc1c32. The van der Waals surface area contributed by atoms with Gasteiger partial charge in [-0.05, 0) is 70.8 Å². The van der Waals surface area contributed by atoms with Gasteiger partial charge in [0.05, 0.1) is 16.7 Å². The molecule has 0 bridgehead atoms. The fourth-order valence-electron chi connectivity index (χ4n) is 6.02. The Labute approximate surface area is 213 Å². The molecule has 0 N–H and O–H groups in total. The molecule has 0 radical (unpaired) electrons. The van der Waals surface area contributed by atoms with Crippen LogP contribution in [0.1, 0.15) is 25.0 Å². The molecular weight excluding hydrogens is 454 g/mol. The van der Waals surface area contributed by atoms with Crippen LogP contribution in [0.2, 0.25) is 0 Å². The summed E-state index contributed by atoms with van der Waals surface area (Å²) in [5, 5.41) is 2.29. The zero-order valence-electron chi connectivity index (χ0n) is 20.6. The highest BCUT2D eigenvalue weighted by Gasteiger charge is 2.36. The van der Waals surface area contributed by atoms with Crippen molar-refractivity contribution in [2.24, 2.45) is 0 Å². The van der Waals surface area contributed by atoms with Crippen molar-refractivity contribution in [1.82, 2.24) is 14.5 Å². The highest BCUT2D eigenvalue weighted by molar-refractivity contribution is 6.06. The van der Waals surface area contributed by atoms with E-state index in [0.29, 0.717) is 0 Å². The Morgan fingerprint density at radius 3 is 2.43 bits per heavy atom. The van der Waals surface area contributed by atoms with Gasteiger partial charge in [-0.25, -0.2) is 4.98 Å². The zero-order valence-corrected chi connectivity index (χ0v) is 20.6. The van der Waals surface area contributed by atoms with E-state index in [1.165, 1.54) is 33.5 Å². The Morgan fingerprint density at radius 2 is 1.54 bits per heavy atom. The summed E-state index contributed by atoms with van der Waals surface area (Å²) in [6.45, 7) is 4.63. The lowest BCUT2D eigenvalue weighted by atomic mass is 9.74. The summed E-state index contributed by atoms with van der Waals surface area (Å²) in [5.74, 6) is 0.923. The summed E-state index contributed by atoms with van der Waals surface area (Å²) in [6.07, 6.45) is 3.69. The molecule has 0 saturated heterocycles. The number of para-hydroxylation sites is 2. The van der Waals surface area contributed by atoms with Crippen LogP contribution in [0.3, 0.4) is 0 Å². The molecule has 0 unspecified atom stereocenters. The first-order chi connectivity index (χ1) is 18.1. The van der Waals surface area contributed by atoms with Gasteiger partial charge >= 0.3 is 0 Å². The van der Waals surface area contributed by atoms with E-state index in [4.69, 9.17) is 9.40 Å². The van der Waals surface area contributed by atoms with E-state index in [2.05, 4.69) is 96.2 Å². The number of rotatable bonds is 2. The number of benzene rings is 4. The second kappa shape index (κ2) is 7.17. The van der Waals surface area contributed by atoms with Crippen LogP contribution in [-0.2, 0) is 5.41 Å². The van der Waals surface area contributed by atoms with Gasteiger partial charge in [-0.3, -0.25) is 9.55 Å². The Kier molecular flexibility index (Phi) is 3.97. The molecule has 0 aliphatic carbocycles. The standard InChI is InChI=1S/C33H23N3O/c1-33(2)25-9-5-10-27-31(25)36(32(35-27)22-7-6-16-34-19-22)28-14-12-21(18-26(28)33)20-13-15-30-24(17-20)23-8-3-4-11-29(23)37-30/h3-19H,1-2H3. The van der Waals surface area contributed by atoms with Gasteiger partial charge in [0.1, 0.15) is 17.0 Å². The molecule has 4 aromatic carbocycles. The van der Waals surface area contributed by atoms with Gasteiger partial charge in [-0.15, -0.1) is 0 Å². The molecule has 4 nitrogen and oxygen atoms in total. The van der Waals surface area contributed by atoms with Gasteiger partial charge in [-0.2, -0.15) is 0 Å². The molecule has 0 atom stereocenters. The molecule has 1 aliphatic heterocycles. The first-order valence-corrected chi connectivity index (χ1v) is 12.6. The zero-order chi connectivity index (χ0) is 24.7. The van der Waals surface area contributed by atoms with Crippen LogP contribution in [0.5, 0.6) is 0 Å². The van der Waals surface area contributed by atoms with E-state index >= 15 is 0 Å². The summed E-state index contributed by atoms with van der Waals surface area (Å²) < 4.78 is 8.39. The van der Waals surface area contributed by atoms with Crippen LogP contribution < -0.4 is 0 Å². The lowest BCUT2D eigenvalue weighted by molar-refractivity contribution is 0.629. The maximum Gasteiger partial charge on any atom is 0.147 e. The number of imidazole rings is 1. The lowest BCUT2D eigenvalue weighted by Crippen LogP contribution is -2.26. The van der Waals surface area contributed by atoms with E-state index < -0.39 is 0 Å². The summed E-state index contributed by atoms with van der Waals surface area (Å²) in [7, 11) is 0. The van der Waals surface area contributed by atoms with Crippen molar-refractivity contribution >= 4 is 33.0 Å². The van der Waals surface area contributed by atoms with Gasteiger partial charge in [-0.1, -0.05) is 56.3 Å². The maximum atomic E-state index is 6.07. The van der Waals surface area contributed by atoms with Gasteiger partial charge in [0.25, 0.3) is 0 Å². The van der Waals surface area contributed by atoms with Crippen LogP contribution in [0.15, 0.2) is 108 Å². The van der Waals surface area contributed by atoms with Crippen molar-refractivity contribution < 1.29 is 4.42 Å². The van der Waals surface area contributed by atoms with Crippen molar-refractivity contribution in [1.29, 1.82) is 0 Å². The predicted octanol–water partition coefficient (Wildman–Crippen LogP) is 8.29. The number of fused-ring (bicyclic) bond motifs is 5. The van der Waals surface area contributed by atoms with Crippen LogP contribution in [0.25, 0.3) is 61.2 Å². The van der Waals surface area contributed by atoms with Crippen LogP contribution in [-0.4, -0.2) is 14.5 Å². The Hall–Kier alpha value is -4.70. The van der Waals surface area contributed by atoms with E-state index in [1.807, 2.05) is 24.4 Å². The third-order valence-corrected chi connectivity index (χ3v) is 7.89. The highest BCUT2D eigenvalue weighted by Crippen LogP contribution is 2.47. The average Bonchev–Trinajstić information content (AvgIpc) is 3.51. The van der Waals surface area contributed by atoms with E-state index in [9.17, 15) is 0 Å². The van der Waals surface area contributed by atoms with Crippen molar-refractivity contribution in [3.8, 4) is 28.2 Å². The Balaban J connectivity index is 1.38. The Morgan fingerprint density at radius 1 is 0.703 bits per heavy atom. The molecule has 7 aromatic rings. The minimum absolute atomic E-state index is 0.181. The molecule has 8 rings (SSSR count). The average molecular weight is 478 g/mol. The fourth-order valence-corrected chi connectivity index (χ4v) is 6.02. The number of aromatic nitrogens is 3. The number of hydrogen-bond acceptors (Lipinski definition) is 3. The van der Waals surface area contributed by atoms with Gasteiger partial charge in [0.2, 0.25) is 0 Å². The van der Waals surface area contributed by atoms with Gasteiger partial charge < -0.3 is 4.42 Å². The van der Waals surface area contributed by atoms with Crippen molar-refractivity contribution in [3.63, 3.8) is 0 Å². The van der Waals surface area contributed by atoms with Crippen LogP contribution in [0, 0.1) is 0 Å². The van der Waals surface area contributed by atoms with Crippen molar-refractivity contribution in [2.75, 3.05) is 0 Å². The smallest absolute Gasteiger partial charge is 0.147 e. The molecule has 0 saturated carbocycles. The Bertz CT molecular complexity index is 2010. The van der Waals surface area contributed by atoms with Crippen molar-refractivity contribution in [3.05, 3.63) is 115 Å². The molecule has 3 aromatic heterocycles. The van der Waals surface area contributed by atoms with E-state index in [1.54, 1.807) is 6.20 Å². The number of hydrogen-bond donors (Lipinski definition) is 0. The minimum Gasteiger partial charge on any atom is -0.456 e. The summed E-state index contributed by atoms with van der Waals surface area (Å²) in [6, 6.07) is 32.1. The summed E-state index contributed by atoms with van der Waals surface area (Å²) in [5.41, 5.74) is 11.0. The lowest BCUT2D eigenvalue weighted by Gasteiger charge is -2.35. The largest absolute Gasteiger partial charge is 0.456 e. The highest BCUT2D eigenvalue weighted by atomic mass is 16.3. The number of pyridine rings is 1. The molecule has 37 heavy (non-hydrogen) atoms. The topological polar surface area (TPSA) is 43.9 Å². The van der Waals surface area contributed by atoms with Gasteiger partial charge in [0, 0.05) is 34.1 Å². The number of nitrogens with zero attached hydrogens (tertiary/aromatic N) is 3. The number of furan rings is 1. The fraction of sp³-hybridized carbons (Fsp3) is 0.0909. The predicted molar refractivity (Wildman–Crippen MR) is 149 cm³/mol. The first-order valence-electron chi connectivity index (χ1n) is 12.6. The van der Waals surface area contributed by atoms with Crippen LogP contribution >= 0.6 is 0 Å². The maximum absolute atomic E-state index is 6.07.